The fourth-order valence-corrected chi connectivity index (χ4v) is 9.16. The molecule has 1 unspecified atom stereocenters. The van der Waals surface area contributed by atoms with Crippen LogP contribution in [0.4, 0.5) is 4.79 Å². The molecule has 0 bridgehead atoms. The van der Waals surface area contributed by atoms with Gasteiger partial charge in [-0.25, -0.2) is 4.79 Å². The highest BCUT2D eigenvalue weighted by atomic mass is 16.6. The first kappa shape index (κ1) is 68.2. The number of nitrogens with two attached hydrogens (primary N) is 4. The summed E-state index contributed by atoms with van der Waals surface area (Å²) in [5, 5.41) is 20.3. The van der Waals surface area contributed by atoms with Crippen molar-refractivity contribution in [2.75, 3.05) is 72.1 Å². The molecule has 438 valence electrons. The van der Waals surface area contributed by atoms with Crippen LogP contribution in [0, 0.1) is 17.8 Å². The maximum atomic E-state index is 14.5. The van der Waals surface area contributed by atoms with Crippen molar-refractivity contribution in [1.29, 1.82) is 0 Å². The minimum atomic E-state index is -0.975. The number of aliphatic hydroxyl groups is 1. The van der Waals surface area contributed by atoms with Gasteiger partial charge < -0.3 is 58.5 Å². The molecule has 0 radical (unpaired) electrons. The second-order valence-electron chi connectivity index (χ2n) is 21.8. The third kappa shape index (κ3) is 30.3. The Morgan fingerprint density at radius 3 is 1.67 bits per heavy atom. The summed E-state index contributed by atoms with van der Waals surface area (Å²) in [7, 11) is 0. The number of nitrogens with one attached hydrogen (secondary N) is 3. The molecule has 0 heterocycles. The molecule has 7 amide bonds. The molecule has 2 rings (SSSR count). The van der Waals surface area contributed by atoms with Crippen LogP contribution in [0.5, 0.6) is 0 Å². The Morgan fingerprint density at radius 2 is 1.13 bits per heavy atom. The van der Waals surface area contributed by atoms with Crippen molar-refractivity contribution in [3.8, 4) is 0 Å². The predicted octanol–water partition coefficient (Wildman–Crippen LogP) is 3.43. The second kappa shape index (κ2) is 38.6. The van der Waals surface area contributed by atoms with E-state index in [1.54, 1.807) is 4.90 Å². The van der Waals surface area contributed by atoms with Crippen LogP contribution in [0.25, 0.3) is 0 Å². The summed E-state index contributed by atoms with van der Waals surface area (Å²) >= 11 is 0. The zero-order chi connectivity index (χ0) is 58.0. The van der Waals surface area contributed by atoms with E-state index >= 15 is 0 Å². The SMILES string of the molecule is C=CCOC(=O)N(CC(=O)N[C@@H](Cc1ccccc1)CN(CC(=O)N[C@@H](CCCCN)CN(CC(=O)N[C@@H](CC(C)C)CN(CC(N)=O)C(O)CC(C)C)C(=O)CC(C)C)C(=O)CCc1ccccc1)C[C@@H](N)CCCCN. The zero-order valence-electron chi connectivity index (χ0n) is 47.8. The van der Waals surface area contributed by atoms with Crippen molar-refractivity contribution in [2.45, 2.75) is 149 Å². The molecule has 20 heteroatoms. The lowest BCUT2D eigenvalue weighted by atomic mass is 10.0. The standard InChI is InChI=1S/C58H97N11O9/c1-8-29-78-58(77)69(34-47(61)23-15-17-27-59)41-54(73)65-50(33-46-21-13-10-14-22-46)37-67(55(74)26-25-45-19-11-9-12-20-45)39-52(71)63-48(24-16-18-28-60)35-68(57(76)32-44(6)7)40-53(72)64-49(30-42(2)3)36-66(38-51(62)70)56(75)31-43(4)5/h8-14,19-22,42-44,47-50,56,75H,1,15-18,23-41,59-61H2,2-7H3,(H2,62,70)(H,63,71)(H,64,72)(H,65,73)/t47-,48-,49-,50-,56?/m0/s1. The van der Waals surface area contributed by atoms with E-state index < -0.39 is 73.2 Å². The van der Waals surface area contributed by atoms with E-state index in [-0.39, 0.29) is 94.7 Å². The predicted molar refractivity (Wildman–Crippen MR) is 306 cm³/mol. The van der Waals surface area contributed by atoms with Gasteiger partial charge in [-0.3, -0.25) is 38.6 Å². The van der Waals surface area contributed by atoms with Crippen molar-refractivity contribution in [2.24, 2.45) is 40.7 Å². The lowest BCUT2D eigenvalue weighted by Crippen LogP contribution is -2.55. The Hall–Kier alpha value is -5.93. The van der Waals surface area contributed by atoms with Gasteiger partial charge in [0.05, 0.1) is 25.7 Å². The molecule has 2 aromatic carbocycles. The first-order valence-corrected chi connectivity index (χ1v) is 28.0. The summed E-state index contributed by atoms with van der Waals surface area (Å²) in [6, 6.07) is 16.5. The lowest BCUT2D eigenvalue weighted by Gasteiger charge is -2.33. The van der Waals surface area contributed by atoms with Crippen LogP contribution >= 0.6 is 0 Å². The lowest BCUT2D eigenvalue weighted by molar-refractivity contribution is -0.138. The second-order valence-corrected chi connectivity index (χ2v) is 21.8. The van der Waals surface area contributed by atoms with Gasteiger partial charge in [0.2, 0.25) is 35.4 Å². The molecule has 0 saturated heterocycles. The van der Waals surface area contributed by atoms with E-state index in [1.807, 2.05) is 102 Å². The largest absolute Gasteiger partial charge is 0.445 e. The molecule has 0 spiro atoms. The van der Waals surface area contributed by atoms with Gasteiger partial charge in [0, 0.05) is 57.1 Å². The number of carbonyl (C=O) groups is 7. The molecule has 0 saturated carbocycles. The Labute approximate surface area is 465 Å². The van der Waals surface area contributed by atoms with Crippen molar-refractivity contribution in [3.63, 3.8) is 0 Å². The summed E-state index contributed by atoms with van der Waals surface area (Å²) in [5.41, 5.74) is 25.4. The highest BCUT2D eigenvalue weighted by Gasteiger charge is 2.30. The summed E-state index contributed by atoms with van der Waals surface area (Å²) in [6.07, 6.45) is 5.14. The summed E-state index contributed by atoms with van der Waals surface area (Å²) in [6.45, 7) is 14.9. The fourth-order valence-electron chi connectivity index (χ4n) is 9.16. The Balaban J connectivity index is 2.53. The van der Waals surface area contributed by atoms with Gasteiger partial charge >= 0.3 is 6.09 Å². The number of aryl methyl sites for hydroxylation is 1. The average molecular weight is 1090 g/mol. The highest BCUT2D eigenvalue weighted by Crippen LogP contribution is 2.16. The number of hydrogen-bond acceptors (Lipinski definition) is 13. The number of rotatable bonds is 41. The van der Waals surface area contributed by atoms with Gasteiger partial charge in [-0.15, -0.1) is 0 Å². The fraction of sp³-hybridized carbons (Fsp3) is 0.638. The monoisotopic (exact) mass is 1090 g/mol. The highest BCUT2D eigenvalue weighted by molar-refractivity contribution is 5.87. The Morgan fingerprint density at radius 1 is 0.615 bits per heavy atom. The smallest absolute Gasteiger partial charge is 0.410 e. The number of amides is 7. The number of hydrogen-bond donors (Lipinski definition) is 8. The molecule has 0 aliphatic carbocycles. The topological polar surface area (TPSA) is 302 Å². The molecule has 0 aliphatic heterocycles. The number of carbonyl (C=O) groups excluding carboxylic acids is 7. The molecule has 2 aromatic rings. The molecular weight excluding hydrogens is 995 g/mol. The maximum Gasteiger partial charge on any atom is 0.410 e. The molecule has 0 aliphatic rings. The average Bonchev–Trinajstić information content (AvgIpc) is 3.36. The minimum Gasteiger partial charge on any atom is -0.445 e. The molecule has 20 nitrogen and oxygen atoms in total. The van der Waals surface area contributed by atoms with Gasteiger partial charge in [-0.2, -0.15) is 0 Å². The quantitative estimate of drug-likeness (QED) is 0.0269. The van der Waals surface area contributed by atoms with Gasteiger partial charge in [-0.05, 0) is 93.3 Å². The summed E-state index contributed by atoms with van der Waals surface area (Å²) < 4.78 is 5.33. The van der Waals surface area contributed by atoms with Crippen LogP contribution in [0.1, 0.15) is 117 Å². The molecule has 12 N–H and O–H groups in total. The third-order valence-electron chi connectivity index (χ3n) is 12.8. The van der Waals surface area contributed by atoms with Gasteiger partial charge in [0.15, 0.2) is 0 Å². The van der Waals surface area contributed by atoms with Crippen molar-refractivity contribution < 1.29 is 43.4 Å². The molecule has 0 fully saturated rings. The van der Waals surface area contributed by atoms with E-state index in [9.17, 15) is 38.7 Å². The molecule has 78 heavy (non-hydrogen) atoms. The number of benzene rings is 2. The normalized spacial score (nSPS) is 13.3. The number of nitrogens with zero attached hydrogens (tertiary/aromatic N) is 4. The first-order valence-electron chi connectivity index (χ1n) is 28.0. The van der Waals surface area contributed by atoms with Crippen molar-refractivity contribution in [3.05, 3.63) is 84.4 Å². The summed E-state index contributed by atoms with van der Waals surface area (Å²) in [4.78, 5) is 102. The Kier molecular flexibility index (Phi) is 33.7. The van der Waals surface area contributed by atoms with Crippen molar-refractivity contribution >= 4 is 41.5 Å². The van der Waals surface area contributed by atoms with Gasteiger partial charge in [-0.1, -0.05) is 128 Å². The molecular formula is C58H97N11O9. The third-order valence-corrected chi connectivity index (χ3v) is 12.8. The van der Waals surface area contributed by atoms with Crippen LogP contribution in [0.3, 0.4) is 0 Å². The van der Waals surface area contributed by atoms with E-state index in [2.05, 4.69) is 22.5 Å². The van der Waals surface area contributed by atoms with Crippen LogP contribution < -0.4 is 38.9 Å². The molecule has 0 aromatic heterocycles. The van der Waals surface area contributed by atoms with Crippen LogP contribution in [-0.2, 0) is 46.3 Å². The zero-order valence-corrected chi connectivity index (χ0v) is 47.8. The van der Waals surface area contributed by atoms with Crippen LogP contribution in [0.15, 0.2) is 73.3 Å². The van der Waals surface area contributed by atoms with E-state index in [0.717, 1.165) is 24.0 Å². The Bertz CT molecular complexity index is 2080. The molecule has 5 atom stereocenters. The van der Waals surface area contributed by atoms with Crippen molar-refractivity contribution in [1.82, 2.24) is 35.6 Å². The van der Waals surface area contributed by atoms with E-state index in [0.29, 0.717) is 58.0 Å². The summed E-state index contributed by atoms with van der Waals surface area (Å²) in [5.74, 6) is -2.55. The van der Waals surface area contributed by atoms with Crippen LogP contribution in [-0.4, -0.2) is 169 Å². The van der Waals surface area contributed by atoms with Gasteiger partial charge in [0.25, 0.3) is 0 Å². The number of ether oxygens (including phenoxy) is 1. The number of primary amides is 1. The van der Waals surface area contributed by atoms with Crippen LogP contribution in [0.2, 0.25) is 0 Å². The van der Waals surface area contributed by atoms with E-state index in [1.165, 1.54) is 20.8 Å². The maximum absolute atomic E-state index is 14.5. The van der Waals surface area contributed by atoms with E-state index in [4.69, 9.17) is 27.7 Å². The minimum absolute atomic E-state index is 0.0257. The van der Waals surface area contributed by atoms with Gasteiger partial charge in [0.1, 0.15) is 19.4 Å². The number of unbranched alkanes of at least 4 members (excludes halogenated alkanes) is 2. The number of aliphatic hydroxyl groups excluding tert-OH is 1. The first-order chi connectivity index (χ1) is 37.1.